The maximum Gasteiger partial charge on any atom is 0.0726 e. The summed E-state index contributed by atoms with van der Waals surface area (Å²) in [6.07, 6.45) is 0. The molecule has 2 heterocycles. The number of rotatable bonds is 5. The fourth-order valence-corrected chi connectivity index (χ4v) is 14.2. The van der Waals surface area contributed by atoms with Crippen LogP contribution in [-0.2, 0) is 5.41 Å². The molecular weight excluding hydrogens is 889 g/mol. The van der Waals surface area contributed by atoms with Crippen molar-refractivity contribution in [1.29, 1.82) is 0 Å². The normalized spacial score (nSPS) is 13.1. The lowest BCUT2D eigenvalue weighted by Gasteiger charge is -2.32. The lowest BCUT2D eigenvalue weighted by Crippen LogP contribution is -2.26. The molecule has 334 valence electrons. The first-order chi connectivity index (χ1) is 35.7. The van der Waals surface area contributed by atoms with E-state index in [4.69, 9.17) is 0 Å². The molecular formula is C69H42N2S. The maximum atomic E-state index is 2.60. The van der Waals surface area contributed by atoms with Crippen molar-refractivity contribution in [3.05, 3.63) is 277 Å². The van der Waals surface area contributed by atoms with Crippen LogP contribution < -0.4 is 4.90 Å². The van der Waals surface area contributed by atoms with Gasteiger partial charge < -0.3 is 9.47 Å². The van der Waals surface area contributed by atoms with Crippen LogP contribution in [0, 0.1) is 0 Å². The van der Waals surface area contributed by atoms with Gasteiger partial charge in [0, 0.05) is 53.3 Å². The number of hydrogen-bond acceptors (Lipinski definition) is 2. The van der Waals surface area contributed by atoms with Gasteiger partial charge in [0.25, 0.3) is 0 Å². The molecule has 0 bridgehead atoms. The van der Waals surface area contributed by atoms with Gasteiger partial charge in [0.05, 0.1) is 27.8 Å². The third-order valence-electron chi connectivity index (χ3n) is 16.0. The van der Waals surface area contributed by atoms with Crippen molar-refractivity contribution in [2.24, 2.45) is 0 Å². The van der Waals surface area contributed by atoms with Gasteiger partial charge in [0.1, 0.15) is 0 Å². The van der Waals surface area contributed by atoms with Gasteiger partial charge in [-0.05, 0) is 127 Å². The van der Waals surface area contributed by atoms with E-state index in [9.17, 15) is 0 Å². The molecule has 2 nitrogen and oxygen atoms in total. The number of benzene rings is 12. The molecule has 0 unspecified atom stereocenters. The minimum atomic E-state index is -0.492. The Bertz CT molecular complexity index is 4550. The van der Waals surface area contributed by atoms with Crippen LogP contribution in [0.25, 0.3) is 103 Å². The highest BCUT2D eigenvalue weighted by atomic mass is 32.1. The fourth-order valence-electron chi connectivity index (χ4n) is 13.1. The minimum Gasteiger partial charge on any atom is -0.309 e. The molecule has 2 aliphatic rings. The van der Waals surface area contributed by atoms with E-state index in [1.165, 1.54) is 114 Å². The summed E-state index contributed by atoms with van der Waals surface area (Å²) in [4.78, 5) is 2.60. The molecule has 0 atom stereocenters. The minimum absolute atomic E-state index is 0.492. The van der Waals surface area contributed by atoms with Crippen molar-refractivity contribution in [2.45, 2.75) is 5.41 Å². The summed E-state index contributed by atoms with van der Waals surface area (Å²) in [5.74, 6) is 0. The van der Waals surface area contributed by atoms with E-state index >= 15 is 0 Å². The molecule has 0 radical (unpaired) electrons. The van der Waals surface area contributed by atoms with Crippen LogP contribution in [0.15, 0.2) is 255 Å². The second kappa shape index (κ2) is 15.0. The van der Waals surface area contributed by atoms with E-state index in [0.29, 0.717) is 0 Å². The monoisotopic (exact) mass is 930 g/mol. The molecule has 0 fully saturated rings. The summed E-state index contributed by atoms with van der Waals surface area (Å²) >= 11 is 1.87. The summed E-state index contributed by atoms with van der Waals surface area (Å²) in [7, 11) is 0. The number of aromatic nitrogens is 1. The third-order valence-corrected chi connectivity index (χ3v) is 17.1. The Balaban J connectivity index is 1.03. The Morgan fingerprint density at radius 3 is 1.76 bits per heavy atom. The number of anilines is 3. The Labute approximate surface area is 420 Å². The van der Waals surface area contributed by atoms with Crippen LogP contribution in [-0.4, -0.2) is 4.57 Å². The Hall–Kier alpha value is -9.02. The molecule has 72 heavy (non-hydrogen) atoms. The molecule has 1 spiro atoms. The lowest BCUT2D eigenvalue weighted by atomic mass is 9.70. The first-order valence-electron chi connectivity index (χ1n) is 24.9. The number of para-hydroxylation sites is 1. The molecule has 14 aromatic rings. The Morgan fingerprint density at radius 1 is 0.347 bits per heavy atom. The first kappa shape index (κ1) is 39.8. The average Bonchev–Trinajstić information content (AvgIpc) is 4.17. The maximum absolute atomic E-state index is 2.60. The van der Waals surface area contributed by atoms with Gasteiger partial charge in [-0.1, -0.05) is 194 Å². The van der Waals surface area contributed by atoms with E-state index in [-0.39, 0.29) is 0 Å². The van der Waals surface area contributed by atoms with Crippen molar-refractivity contribution in [3.8, 4) is 39.1 Å². The van der Waals surface area contributed by atoms with Crippen LogP contribution in [0.4, 0.5) is 17.1 Å². The van der Waals surface area contributed by atoms with Crippen LogP contribution in [0.5, 0.6) is 0 Å². The third kappa shape index (κ3) is 5.32. The van der Waals surface area contributed by atoms with Crippen LogP contribution in [0.1, 0.15) is 22.3 Å². The quantitative estimate of drug-likeness (QED) is 0.156. The lowest BCUT2D eigenvalue weighted by molar-refractivity contribution is 0.794. The fraction of sp³-hybridized carbons (Fsp3) is 0.0145. The molecule has 0 saturated carbocycles. The Kier molecular flexibility index (Phi) is 8.29. The van der Waals surface area contributed by atoms with E-state index in [1.54, 1.807) is 0 Å². The van der Waals surface area contributed by atoms with E-state index in [2.05, 4.69) is 264 Å². The van der Waals surface area contributed by atoms with Crippen molar-refractivity contribution in [1.82, 2.24) is 4.57 Å². The summed E-state index contributed by atoms with van der Waals surface area (Å²) < 4.78 is 5.11. The van der Waals surface area contributed by atoms with Crippen molar-refractivity contribution >= 4 is 91.9 Å². The second-order valence-corrected chi connectivity index (χ2v) is 20.5. The van der Waals surface area contributed by atoms with Crippen molar-refractivity contribution in [3.63, 3.8) is 0 Å². The van der Waals surface area contributed by atoms with Crippen LogP contribution in [0.3, 0.4) is 0 Å². The number of thiophene rings is 1. The molecule has 16 rings (SSSR count). The molecule has 0 N–H and O–H groups in total. The first-order valence-corrected chi connectivity index (χ1v) is 25.7. The number of hydrogen-bond donors (Lipinski definition) is 0. The van der Waals surface area contributed by atoms with Gasteiger partial charge >= 0.3 is 0 Å². The largest absolute Gasteiger partial charge is 0.309 e. The van der Waals surface area contributed by atoms with Gasteiger partial charge in [0.15, 0.2) is 0 Å². The average molecular weight is 931 g/mol. The second-order valence-electron chi connectivity index (χ2n) is 19.5. The number of fused-ring (bicyclic) bond motifs is 19. The number of nitrogens with zero attached hydrogens (tertiary/aromatic N) is 2. The van der Waals surface area contributed by atoms with Gasteiger partial charge in [-0.25, -0.2) is 0 Å². The zero-order valence-electron chi connectivity index (χ0n) is 39.1. The SMILES string of the molecule is c1ccc(-c2cc3ccccc3c3c(N(c4ccc5c6ccccc6n(-c6ccc7sc8ccccc8c7c6)c5c4)c4cccc5c4-c4ccccc4C54c5ccccc5-c5ccccc54)cccc23)cc1. The predicted molar refractivity (Wildman–Crippen MR) is 305 cm³/mol. The van der Waals surface area contributed by atoms with E-state index in [0.717, 1.165) is 28.3 Å². The zero-order valence-corrected chi connectivity index (χ0v) is 39.9. The zero-order chi connectivity index (χ0) is 47.1. The molecule has 0 saturated heterocycles. The molecule has 0 aliphatic heterocycles. The molecule has 2 aromatic heterocycles. The van der Waals surface area contributed by atoms with Crippen molar-refractivity contribution < 1.29 is 0 Å². The topological polar surface area (TPSA) is 8.17 Å². The summed E-state index contributed by atoms with van der Waals surface area (Å²) in [5.41, 5.74) is 19.3. The molecule has 3 heteroatoms. The van der Waals surface area contributed by atoms with Crippen molar-refractivity contribution in [2.75, 3.05) is 4.90 Å². The molecule has 0 amide bonds. The summed E-state index contributed by atoms with van der Waals surface area (Å²) in [6.45, 7) is 0. The molecule has 12 aromatic carbocycles. The molecule has 2 aliphatic carbocycles. The highest BCUT2D eigenvalue weighted by Crippen LogP contribution is 2.65. The standard InChI is InChI=1S/C69H42N2S/c1-2-18-43(19-3-1)55-40-44-20-4-5-21-47(44)67-53(55)27-16-33-62(67)71(63-34-17-31-60-68(63)54-26-8-13-30-59(54)69(60)57-28-11-6-22-48(57)49-23-7-12-29-58(49)69)46-36-38-51-50-24-9-14-32-61(50)70(64(51)42-46)45-37-39-66-56(41-45)52-25-10-15-35-65(52)72-66/h1-42H. The predicted octanol–water partition coefficient (Wildman–Crippen LogP) is 18.9. The van der Waals surface area contributed by atoms with Gasteiger partial charge in [0.2, 0.25) is 0 Å². The van der Waals surface area contributed by atoms with Gasteiger partial charge in [-0.2, -0.15) is 0 Å². The van der Waals surface area contributed by atoms with Crippen LogP contribution >= 0.6 is 11.3 Å². The summed E-state index contributed by atoms with van der Waals surface area (Å²) in [6, 6.07) is 95.7. The van der Waals surface area contributed by atoms with Gasteiger partial charge in [-0.3, -0.25) is 0 Å². The smallest absolute Gasteiger partial charge is 0.0726 e. The summed E-state index contributed by atoms with van der Waals surface area (Å²) in [5, 5.41) is 9.93. The van der Waals surface area contributed by atoms with E-state index < -0.39 is 5.41 Å². The Morgan fingerprint density at radius 2 is 0.944 bits per heavy atom. The highest BCUT2D eigenvalue weighted by Gasteiger charge is 2.52. The van der Waals surface area contributed by atoms with Gasteiger partial charge in [-0.15, -0.1) is 11.3 Å². The van der Waals surface area contributed by atoms with Crippen LogP contribution in [0.2, 0.25) is 0 Å². The van der Waals surface area contributed by atoms with E-state index in [1.807, 2.05) is 11.3 Å². The highest BCUT2D eigenvalue weighted by molar-refractivity contribution is 7.25.